The number of hydrogen-bond donors (Lipinski definition) is 1. The molecule has 0 saturated heterocycles. The maximum Gasteiger partial charge on any atom is 0.340 e. The van der Waals surface area contributed by atoms with E-state index in [0.29, 0.717) is 5.56 Å². The second-order valence-electron chi connectivity index (χ2n) is 5.19. The number of nitrogens with zero attached hydrogens (tertiary/aromatic N) is 1. The lowest BCUT2D eigenvalue weighted by molar-refractivity contribution is -0.387. The van der Waals surface area contributed by atoms with Crippen molar-refractivity contribution in [1.29, 1.82) is 0 Å². The van der Waals surface area contributed by atoms with Crippen molar-refractivity contribution < 1.29 is 27.6 Å². The summed E-state index contributed by atoms with van der Waals surface area (Å²) in [4.78, 5) is 21.8. The lowest BCUT2D eigenvalue weighted by Crippen LogP contribution is -2.18. The number of anilines is 1. The highest BCUT2D eigenvalue weighted by Gasteiger charge is 2.28. The number of methoxy groups -OCH3 is 2. The van der Waals surface area contributed by atoms with Crippen LogP contribution in [-0.2, 0) is 14.8 Å². The second-order valence-corrected chi connectivity index (χ2v) is 6.84. The highest BCUT2D eigenvalue weighted by atomic mass is 32.2. The molecule has 0 bridgehead atoms. The van der Waals surface area contributed by atoms with Crippen LogP contribution in [0.5, 0.6) is 5.75 Å². The molecule has 0 atom stereocenters. The van der Waals surface area contributed by atoms with Crippen LogP contribution in [0.25, 0.3) is 0 Å². The molecule has 9 nitrogen and oxygen atoms in total. The molecule has 0 heterocycles. The minimum Gasteiger partial charge on any atom is -0.497 e. The molecule has 2 aromatic carbocycles. The molecule has 0 radical (unpaired) electrons. The third kappa shape index (κ3) is 3.75. The molecule has 1 N–H and O–H groups in total. The van der Waals surface area contributed by atoms with E-state index in [1.165, 1.54) is 26.4 Å². The number of nitrogens with one attached hydrogen (secondary N) is 1. The predicted molar refractivity (Wildman–Crippen MR) is 93.0 cm³/mol. The van der Waals surface area contributed by atoms with Crippen LogP contribution >= 0.6 is 0 Å². The van der Waals surface area contributed by atoms with Crippen molar-refractivity contribution in [2.75, 3.05) is 18.9 Å². The largest absolute Gasteiger partial charge is 0.497 e. The van der Waals surface area contributed by atoms with Gasteiger partial charge >= 0.3 is 5.97 Å². The number of rotatable bonds is 6. The summed E-state index contributed by atoms with van der Waals surface area (Å²) in [7, 11) is -1.88. The van der Waals surface area contributed by atoms with Gasteiger partial charge < -0.3 is 9.47 Å². The third-order valence-electron chi connectivity index (χ3n) is 3.56. The first-order chi connectivity index (χ1) is 12.2. The highest BCUT2D eigenvalue weighted by Crippen LogP contribution is 2.31. The quantitative estimate of drug-likeness (QED) is 0.464. The summed E-state index contributed by atoms with van der Waals surface area (Å²) in [6.07, 6.45) is 0. The van der Waals surface area contributed by atoms with Crippen LogP contribution in [-0.4, -0.2) is 33.5 Å². The maximum atomic E-state index is 12.7. The maximum absolute atomic E-state index is 12.7. The molecular weight excluding hydrogens is 364 g/mol. The minimum absolute atomic E-state index is 0.0229. The smallest absolute Gasteiger partial charge is 0.340 e. The molecule has 0 spiro atoms. The number of hydrogen-bond acceptors (Lipinski definition) is 7. The fourth-order valence-electron chi connectivity index (χ4n) is 2.32. The molecule has 2 rings (SSSR count). The van der Waals surface area contributed by atoms with E-state index in [-0.39, 0.29) is 17.0 Å². The lowest BCUT2D eigenvalue weighted by Gasteiger charge is -2.13. The van der Waals surface area contributed by atoms with Gasteiger partial charge in [0.2, 0.25) is 0 Å². The molecule has 0 aliphatic carbocycles. The normalized spacial score (nSPS) is 10.9. The first kappa shape index (κ1) is 19.2. The Balaban J connectivity index is 2.57. The number of sulfonamides is 1. The van der Waals surface area contributed by atoms with Gasteiger partial charge in [0, 0.05) is 0 Å². The number of nitro benzene ring substituents is 1. The van der Waals surface area contributed by atoms with Crippen molar-refractivity contribution in [2.24, 2.45) is 0 Å². The number of ether oxygens (including phenoxy) is 2. The van der Waals surface area contributed by atoms with Crippen LogP contribution in [0.2, 0.25) is 0 Å². The van der Waals surface area contributed by atoms with E-state index in [9.17, 15) is 23.3 Å². The average molecular weight is 380 g/mol. The van der Waals surface area contributed by atoms with Crippen LogP contribution in [0.15, 0.2) is 41.3 Å². The number of nitro groups is 1. The van der Waals surface area contributed by atoms with E-state index in [2.05, 4.69) is 9.46 Å². The van der Waals surface area contributed by atoms with Crippen LogP contribution in [0, 0.1) is 17.0 Å². The zero-order chi connectivity index (χ0) is 19.5. The van der Waals surface area contributed by atoms with Crippen molar-refractivity contribution >= 4 is 27.4 Å². The van der Waals surface area contributed by atoms with E-state index < -0.39 is 31.5 Å². The second kappa shape index (κ2) is 7.40. The van der Waals surface area contributed by atoms with Crippen LogP contribution in [0.4, 0.5) is 11.4 Å². The first-order valence-electron chi connectivity index (χ1n) is 7.24. The van der Waals surface area contributed by atoms with Gasteiger partial charge in [0.05, 0.1) is 36.5 Å². The number of benzene rings is 2. The summed E-state index contributed by atoms with van der Waals surface area (Å²) < 4.78 is 37.2. The Morgan fingerprint density at radius 2 is 1.88 bits per heavy atom. The Labute approximate surface area is 149 Å². The van der Waals surface area contributed by atoms with Gasteiger partial charge in [-0.1, -0.05) is 12.1 Å². The molecule has 0 saturated carbocycles. The van der Waals surface area contributed by atoms with Crippen molar-refractivity contribution in [3.63, 3.8) is 0 Å². The Morgan fingerprint density at radius 3 is 2.46 bits per heavy atom. The summed E-state index contributed by atoms with van der Waals surface area (Å²) in [6.45, 7) is 1.61. The van der Waals surface area contributed by atoms with Crippen molar-refractivity contribution in [2.45, 2.75) is 11.8 Å². The third-order valence-corrected chi connectivity index (χ3v) is 4.97. The topological polar surface area (TPSA) is 125 Å². The van der Waals surface area contributed by atoms with Gasteiger partial charge in [0.15, 0.2) is 4.90 Å². The molecular formula is C16H16N2O7S. The Kier molecular flexibility index (Phi) is 5.46. The van der Waals surface area contributed by atoms with E-state index in [1.54, 1.807) is 19.1 Å². The summed E-state index contributed by atoms with van der Waals surface area (Å²) >= 11 is 0. The van der Waals surface area contributed by atoms with Crippen molar-refractivity contribution in [3.8, 4) is 5.75 Å². The lowest BCUT2D eigenvalue weighted by atomic mass is 10.1. The number of aryl methyl sites for hydroxylation is 1. The molecule has 0 aliphatic rings. The highest BCUT2D eigenvalue weighted by molar-refractivity contribution is 7.92. The van der Waals surface area contributed by atoms with Gasteiger partial charge in [-0.2, -0.15) is 0 Å². The average Bonchev–Trinajstić information content (AvgIpc) is 2.60. The molecule has 10 heteroatoms. The molecule has 2 aromatic rings. The van der Waals surface area contributed by atoms with E-state index in [4.69, 9.17) is 4.74 Å². The van der Waals surface area contributed by atoms with Crippen molar-refractivity contribution in [3.05, 3.63) is 57.6 Å². The standard InChI is InChI=1S/C16H16N2O7S/c1-10-5-4-6-12(15(10)16(19)25-3)17-26(22,23)14-8-7-11(24-2)9-13(14)18(20)21/h4-9,17H,1-3H3. The zero-order valence-electron chi connectivity index (χ0n) is 14.2. The Bertz CT molecular complexity index is 971. The predicted octanol–water partition coefficient (Wildman–Crippen LogP) is 2.50. The summed E-state index contributed by atoms with van der Waals surface area (Å²) in [5.41, 5.74) is -0.179. The van der Waals surface area contributed by atoms with Crippen LogP contribution in [0.3, 0.4) is 0 Å². The zero-order valence-corrected chi connectivity index (χ0v) is 15.0. The number of esters is 1. The number of carbonyl (C=O) groups excluding carboxylic acids is 1. The Hall–Kier alpha value is -3.14. The minimum atomic E-state index is -4.35. The summed E-state index contributed by atoms with van der Waals surface area (Å²) in [6, 6.07) is 7.88. The van der Waals surface area contributed by atoms with Crippen LogP contribution in [0.1, 0.15) is 15.9 Å². The van der Waals surface area contributed by atoms with Gasteiger partial charge in [-0.3, -0.25) is 14.8 Å². The molecule has 0 amide bonds. The van der Waals surface area contributed by atoms with E-state index in [1.807, 2.05) is 0 Å². The summed E-state index contributed by atoms with van der Waals surface area (Å²) in [5, 5.41) is 11.2. The monoisotopic (exact) mass is 380 g/mol. The fraction of sp³-hybridized carbons (Fsp3) is 0.188. The van der Waals surface area contributed by atoms with Gasteiger partial charge in [0.1, 0.15) is 5.75 Å². The van der Waals surface area contributed by atoms with Crippen LogP contribution < -0.4 is 9.46 Å². The summed E-state index contributed by atoms with van der Waals surface area (Å²) in [5.74, 6) is -0.591. The first-order valence-corrected chi connectivity index (χ1v) is 8.72. The molecule has 0 aliphatic heterocycles. The number of carbonyl (C=O) groups is 1. The van der Waals surface area contributed by atoms with Gasteiger partial charge in [-0.15, -0.1) is 0 Å². The van der Waals surface area contributed by atoms with Gasteiger partial charge in [0.25, 0.3) is 15.7 Å². The molecule has 0 aromatic heterocycles. The fourth-order valence-corrected chi connectivity index (χ4v) is 3.55. The van der Waals surface area contributed by atoms with Crippen molar-refractivity contribution in [1.82, 2.24) is 0 Å². The Morgan fingerprint density at radius 1 is 1.19 bits per heavy atom. The van der Waals surface area contributed by atoms with E-state index in [0.717, 1.165) is 12.1 Å². The van der Waals surface area contributed by atoms with E-state index >= 15 is 0 Å². The molecule has 26 heavy (non-hydrogen) atoms. The van der Waals surface area contributed by atoms with Gasteiger partial charge in [-0.05, 0) is 30.7 Å². The SMILES string of the molecule is COC(=O)c1c(C)cccc1NS(=O)(=O)c1ccc(OC)cc1[N+](=O)[O-]. The molecule has 0 unspecified atom stereocenters. The molecule has 0 fully saturated rings. The van der Waals surface area contributed by atoms with Gasteiger partial charge in [-0.25, -0.2) is 13.2 Å². The molecule has 138 valence electrons.